The Labute approximate surface area is 138 Å². The molecule has 132 valence electrons. The average molecular weight is 343 g/mol. The lowest BCUT2D eigenvalue weighted by molar-refractivity contribution is -0.167. The molecular formula is C17H20F3NO3. The van der Waals surface area contributed by atoms with E-state index in [0.29, 0.717) is 18.4 Å². The number of carboxylic acids is 1. The third kappa shape index (κ3) is 4.97. The van der Waals surface area contributed by atoms with Crippen molar-refractivity contribution in [3.05, 3.63) is 35.4 Å². The van der Waals surface area contributed by atoms with Gasteiger partial charge in [-0.25, -0.2) is 0 Å². The number of hydrogen-bond donors (Lipinski definition) is 2. The lowest BCUT2D eigenvalue weighted by Crippen LogP contribution is -2.50. The Hall–Kier alpha value is -2.05. The number of carboxylic acid groups (broad SMARTS) is 1. The zero-order valence-electron chi connectivity index (χ0n) is 13.1. The summed E-state index contributed by atoms with van der Waals surface area (Å²) < 4.78 is 39.9. The van der Waals surface area contributed by atoms with Crippen LogP contribution in [0.2, 0.25) is 0 Å². The summed E-state index contributed by atoms with van der Waals surface area (Å²) in [6.07, 6.45) is -1.34. The van der Waals surface area contributed by atoms with Crippen molar-refractivity contribution in [2.24, 2.45) is 5.92 Å². The molecule has 1 amide bonds. The van der Waals surface area contributed by atoms with E-state index in [1.54, 1.807) is 0 Å². The van der Waals surface area contributed by atoms with Crippen molar-refractivity contribution < 1.29 is 27.9 Å². The van der Waals surface area contributed by atoms with Gasteiger partial charge < -0.3 is 10.4 Å². The number of rotatable bonds is 5. The Morgan fingerprint density at radius 3 is 2.21 bits per heavy atom. The van der Waals surface area contributed by atoms with Crippen LogP contribution >= 0.6 is 0 Å². The molecule has 1 unspecified atom stereocenters. The minimum atomic E-state index is -4.49. The van der Waals surface area contributed by atoms with Gasteiger partial charge in [0.2, 0.25) is 0 Å². The molecule has 0 bridgehead atoms. The molecule has 1 atom stereocenters. The lowest BCUT2D eigenvalue weighted by Gasteiger charge is -2.32. The number of carbonyl (C=O) groups excluding carboxylic acids is 1. The van der Waals surface area contributed by atoms with Crippen molar-refractivity contribution in [2.45, 2.75) is 50.7 Å². The third-order valence-corrected chi connectivity index (χ3v) is 4.33. The van der Waals surface area contributed by atoms with Gasteiger partial charge in [0.05, 0.1) is 6.42 Å². The van der Waals surface area contributed by atoms with E-state index in [2.05, 4.69) is 5.32 Å². The average Bonchev–Trinajstić information content (AvgIpc) is 2.52. The van der Waals surface area contributed by atoms with Gasteiger partial charge in [0.1, 0.15) is 6.04 Å². The molecule has 0 saturated heterocycles. The van der Waals surface area contributed by atoms with Crippen molar-refractivity contribution >= 4 is 11.9 Å². The second-order valence-corrected chi connectivity index (χ2v) is 6.16. The van der Waals surface area contributed by atoms with Crippen molar-refractivity contribution in [3.8, 4) is 0 Å². The summed E-state index contributed by atoms with van der Waals surface area (Å²) in [7, 11) is 0. The highest BCUT2D eigenvalue weighted by Crippen LogP contribution is 2.34. The highest BCUT2D eigenvalue weighted by atomic mass is 19.4. The van der Waals surface area contributed by atoms with Gasteiger partial charge in [-0.15, -0.1) is 0 Å². The van der Waals surface area contributed by atoms with Crippen molar-refractivity contribution in [2.75, 3.05) is 0 Å². The van der Waals surface area contributed by atoms with E-state index < -0.39 is 30.0 Å². The zero-order chi connectivity index (χ0) is 17.7. The van der Waals surface area contributed by atoms with Crippen molar-refractivity contribution in [1.29, 1.82) is 0 Å². The number of carbonyl (C=O) groups is 2. The molecule has 1 aromatic carbocycles. The highest BCUT2D eigenvalue weighted by Gasteiger charge is 2.45. The molecule has 1 saturated carbocycles. The molecule has 0 spiro atoms. The van der Waals surface area contributed by atoms with E-state index in [9.17, 15) is 22.8 Å². The van der Waals surface area contributed by atoms with Gasteiger partial charge in [-0.1, -0.05) is 31.4 Å². The van der Waals surface area contributed by atoms with E-state index in [0.717, 1.165) is 19.3 Å². The first-order valence-corrected chi connectivity index (χ1v) is 7.95. The van der Waals surface area contributed by atoms with Crippen LogP contribution in [0.25, 0.3) is 0 Å². The fraction of sp³-hybridized carbons (Fsp3) is 0.529. The second-order valence-electron chi connectivity index (χ2n) is 6.16. The maximum absolute atomic E-state index is 13.3. The van der Waals surface area contributed by atoms with Crippen LogP contribution in [0.3, 0.4) is 0 Å². The summed E-state index contributed by atoms with van der Waals surface area (Å²) in [4.78, 5) is 22.8. The van der Waals surface area contributed by atoms with E-state index in [-0.39, 0.29) is 12.0 Å². The van der Waals surface area contributed by atoms with Gasteiger partial charge in [-0.05, 0) is 36.5 Å². The summed E-state index contributed by atoms with van der Waals surface area (Å²) >= 11 is 0. The Morgan fingerprint density at radius 1 is 1.12 bits per heavy atom. The topological polar surface area (TPSA) is 66.4 Å². The molecule has 1 aromatic rings. The van der Waals surface area contributed by atoms with Gasteiger partial charge in [-0.2, -0.15) is 13.2 Å². The largest absolute Gasteiger partial charge is 0.481 e. The Balaban J connectivity index is 2.07. The first kappa shape index (κ1) is 18.3. The molecule has 1 aliphatic carbocycles. The Morgan fingerprint density at radius 2 is 1.71 bits per heavy atom. The van der Waals surface area contributed by atoms with Gasteiger partial charge in [-0.3, -0.25) is 9.59 Å². The predicted octanol–water partition coefficient (Wildman–Crippen LogP) is 3.55. The van der Waals surface area contributed by atoms with E-state index in [1.807, 2.05) is 0 Å². The van der Waals surface area contributed by atoms with Crippen molar-refractivity contribution in [3.63, 3.8) is 0 Å². The van der Waals surface area contributed by atoms with Crippen LogP contribution in [0.1, 0.15) is 48.0 Å². The Kier molecular flexibility index (Phi) is 5.85. The maximum Gasteiger partial charge on any atom is 0.408 e. The molecule has 2 N–H and O–H groups in total. The van der Waals surface area contributed by atoms with Gasteiger partial charge >= 0.3 is 12.1 Å². The SMILES string of the molecule is O=C(O)Cc1ccc(C(=O)NC(C2CCCCC2)C(F)(F)F)cc1. The Bertz CT molecular complexity index is 578. The first-order chi connectivity index (χ1) is 11.3. The fourth-order valence-electron chi connectivity index (χ4n) is 3.11. The molecule has 1 fully saturated rings. The molecule has 4 nitrogen and oxygen atoms in total. The number of alkyl halides is 3. The normalized spacial score (nSPS) is 17.3. The van der Waals surface area contributed by atoms with Gasteiger partial charge in [0.25, 0.3) is 5.91 Å². The van der Waals surface area contributed by atoms with Crippen LogP contribution in [0, 0.1) is 5.92 Å². The summed E-state index contributed by atoms with van der Waals surface area (Å²) in [6.45, 7) is 0. The third-order valence-electron chi connectivity index (χ3n) is 4.33. The quantitative estimate of drug-likeness (QED) is 0.859. The molecule has 7 heteroatoms. The number of amides is 1. The minimum Gasteiger partial charge on any atom is -0.481 e. The molecular weight excluding hydrogens is 323 g/mol. The van der Waals surface area contributed by atoms with Crippen molar-refractivity contribution in [1.82, 2.24) is 5.32 Å². The number of nitrogens with one attached hydrogen (secondary N) is 1. The van der Waals surface area contributed by atoms with Crippen LogP contribution < -0.4 is 5.32 Å². The summed E-state index contributed by atoms with van der Waals surface area (Å²) in [6, 6.07) is 3.73. The zero-order valence-corrected chi connectivity index (χ0v) is 13.1. The number of aliphatic carboxylic acids is 1. The van der Waals surface area contributed by atoms with Crippen LogP contribution in [0.5, 0.6) is 0 Å². The summed E-state index contributed by atoms with van der Waals surface area (Å²) in [5, 5.41) is 10.8. The van der Waals surface area contributed by atoms with Crippen LogP contribution in [-0.2, 0) is 11.2 Å². The number of hydrogen-bond acceptors (Lipinski definition) is 2. The van der Waals surface area contributed by atoms with E-state index in [4.69, 9.17) is 5.11 Å². The fourth-order valence-corrected chi connectivity index (χ4v) is 3.11. The number of benzene rings is 1. The summed E-state index contributed by atoms with van der Waals surface area (Å²) in [5.41, 5.74) is 0.577. The minimum absolute atomic E-state index is 0.0919. The highest BCUT2D eigenvalue weighted by molar-refractivity contribution is 5.94. The lowest BCUT2D eigenvalue weighted by atomic mass is 9.83. The van der Waals surface area contributed by atoms with Crippen LogP contribution in [0.4, 0.5) is 13.2 Å². The summed E-state index contributed by atoms with van der Waals surface area (Å²) in [5.74, 6) is -2.39. The number of halogens is 3. The first-order valence-electron chi connectivity index (χ1n) is 7.95. The molecule has 0 aromatic heterocycles. The van der Waals surface area contributed by atoms with Gasteiger partial charge in [0, 0.05) is 5.56 Å². The molecule has 0 radical (unpaired) electrons. The van der Waals surface area contributed by atoms with Gasteiger partial charge in [0.15, 0.2) is 0 Å². The van der Waals surface area contributed by atoms with E-state index in [1.165, 1.54) is 24.3 Å². The van der Waals surface area contributed by atoms with E-state index >= 15 is 0 Å². The molecule has 1 aliphatic rings. The monoisotopic (exact) mass is 343 g/mol. The standard InChI is InChI=1S/C17H20F3NO3/c18-17(19,20)15(12-4-2-1-3-5-12)21-16(24)13-8-6-11(7-9-13)10-14(22)23/h6-9,12,15H,1-5,10H2,(H,21,24)(H,22,23). The maximum atomic E-state index is 13.3. The molecule has 0 aliphatic heterocycles. The second kappa shape index (κ2) is 7.68. The smallest absolute Gasteiger partial charge is 0.408 e. The molecule has 2 rings (SSSR count). The molecule has 0 heterocycles. The molecule has 24 heavy (non-hydrogen) atoms. The van der Waals surface area contributed by atoms with Crippen LogP contribution in [-0.4, -0.2) is 29.2 Å². The predicted molar refractivity (Wildman–Crippen MR) is 81.7 cm³/mol. The van der Waals surface area contributed by atoms with Crippen LogP contribution in [0.15, 0.2) is 24.3 Å².